The molecule has 5 heteroatoms. The van der Waals surface area contributed by atoms with E-state index in [2.05, 4.69) is 27.8 Å². The summed E-state index contributed by atoms with van der Waals surface area (Å²) in [7, 11) is 1.47. The molecule has 0 aromatic heterocycles. The highest BCUT2D eigenvalue weighted by Gasteiger charge is 2.09. The van der Waals surface area contributed by atoms with E-state index < -0.39 is 0 Å². The lowest BCUT2D eigenvalue weighted by Gasteiger charge is -2.08. The van der Waals surface area contributed by atoms with Crippen LogP contribution in [0.4, 0.5) is 0 Å². The minimum Gasteiger partial charge on any atom is -0.503 e. The molecular formula is C14H16BrNO3. The van der Waals surface area contributed by atoms with E-state index in [1.165, 1.54) is 7.11 Å². The zero-order chi connectivity index (χ0) is 14.6. The number of nitrogens with one attached hydrogen (secondary N) is 1. The van der Waals surface area contributed by atoms with Crippen LogP contribution < -0.4 is 10.1 Å². The summed E-state index contributed by atoms with van der Waals surface area (Å²) < 4.78 is 5.55. The van der Waals surface area contributed by atoms with Gasteiger partial charge in [0, 0.05) is 11.3 Å². The largest absolute Gasteiger partial charge is 0.503 e. The molecule has 102 valence electrons. The molecule has 0 fully saturated rings. The summed E-state index contributed by atoms with van der Waals surface area (Å²) in [6.07, 6.45) is 1.70. The summed E-state index contributed by atoms with van der Waals surface area (Å²) in [5.41, 5.74) is 1.86. The number of benzene rings is 1. The van der Waals surface area contributed by atoms with Crippen LogP contribution in [0, 0.1) is 0 Å². The smallest absolute Gasteiger partial charge is 0.251 e. The zero-order valence-corrected chi connectivity index (χ0v) is 12.7. The molecule has 0 aliphatic rings. The molecule has 1 rings (SSSR count). The molecule has 0 saturated carbocycles. The van der Waals surface area contributed by atoms with Crippen LogP contribution in [0.2, 0.25) is 0 Å². The van der Waals surface area contributed by atoms with Gasteiger partial charge in [-0.1, -0.05) is 6.58 Å². The molecule has 0 saturated heterocycles. The average Bonchev–Trinajstić information content (AvgIpc) is 2.32. The van der Waals surface area contributed by atoms with E-state index in [4.69, 9.17) is 4.74 Å². The maximum Gasteiger partial charge on any atom is 0.251 e. The lowest BCUT2D eigenvalue weighted by Crippen LogP contribution is -2.21. The Morgan fingerprint density at radius 2 is 2.11 bits per heavy atom. The van der Waals surface area contributed by atoms with Crippen molar-refractivity contribution >= 4 is 27.9 Å². The summed E-state index contributed by atoms with van der Waals surface area (Å²) in [6.45, 7) is 7.03. The lowest BCUT2D eigenvalue weighted by atomic mass is 10.1. The third-order valence-corrected chi connectivity index (χ3v) is 2.94. The molecule has 4 nitrogen and oxygen atoms in total. The summed E-state index contributed by atoms with van der Waals surface area (Å²) in [5, 5.41) is 12.3. The maximum atomic E-state index is 11.7. The molecule has 0 atom stereocenters. The van der Waals surface area contributed by atoms with E-state index in [0.29, 0.717) is 21.5 Å². The number of rotatable bonds is 4. The first kappa shape index (κ1) is 15.3. The number of phenols is 1. The lowest BCUT2D eigenvalue weighted by molar-refractivity contribution is -0.116. The molecule has 1 aromatic rings. The van der Waals surface area contributed by atoms with Crippen molar-refractivity contribution in [2.45, 2.75) is 13.8 Å². The topological polar surface area (TPSA) is 58.6 Å². The Balaban J connectivity index is 3.07. The molecule has 0 radical (unpaired) electrons. The van der Waals surface area contributed by atoms with E-state index in [1.54, 1.807) is 32.1 Å². The van der Waals surface area contributed by atoms with Crippen LogP contribution in [0.1, 0.15) is 19.4 Å². The van der Waals surface area contributed by atoms with Crippen molar-refractivity contribution in [2.24, 2.45) is 0 Å². The van der Waals surface area contributed by atoms with Gasteiger partial charge in [0.05, 0.1) is 11.6 Å². The Morgan fingerprint density at radius 3 is 2.63 bits per heavy atom. The van der Waals surface area contributed by atoms with Gasteiger partial charge in [-0.25, -0.2) is 0 Å². The van der Waals surface area contributed by atoms with Gasteiger partial charge in [-0.05, 0) is 53.5 Å². The minimum absolute atomic E-state index is 0.0312. The van der Waals surface area contributed by atoms with Gasteiger partial charge in [0.15, 0.2) is 11.5 Å². The summed E-state index contributed by atoms with van der Waals surface area (Å²) >= 11 is 3.23. The average molecular weight is 326 g/mol. The van der Waals surface area contributed by atoms with Crippen LogP contribution in [0.3, 0.4) is 0 Å². The molecule has 19 heavy (non-hydrogen) atoms. The second-order valence-corrected chi connectivity index (χ2v) is 4.97. The molecule has 1 amide bonds. The molecule has 0 spiro atoms. The number of amides is 1. The highest BCUT2D eigenvalue weighted by molar-refractivity contribution is 9.10. The second kappa shape index (κ2) is 6.43. The fraction of sp³-hybridized carbons (Fsp3) is 0.214. The van der Waals surface area contributed by atoms with Crippen LogP contribution in [0.5, 0.6) is 11.5 Å². The Bertz CT molecular complexity index is 550. The molecular weight excluding hydrogens is 310 g/mol. The normalized spacial score (nSPS) is 11.1. The SMILES string of the molecule is C=C(C)NC(=O)/C(C)=C/c1cc(Br)c(O)c(OC)c1. The number of aromatic hydroxyl groups is 1. The Hall–Kier alpha value is -1.75. The van der Waals surface area contributed by atoms with E-state index in [1.807, 2.05) is 0 Å². The van der Waals surface area contributed by atoms with E-state index in [9.17, 15) is 9.90 Å². The number of hydrogen-bond acceptors (Lipinski definition) is 3. The van der Waals surface area contributed by atoms with Gasteiger partial charge in [-0.15, -0.1) is 0 Å². The number of halogens is 1. The van der Waals surface area contributed by atoms with Crippen LogP contribution in [0.25, 0.3) is 6.08 Å². The van der Waals surface area contributed by atoms with E-state index in [0.717, 1.165) is 5.56 Å². The zero-order valence-electron chi connectivity index (χ0n) is 11.1. The highest BCUT2D eigenvalue weighted by atomic mass is 79.9. The number of methoxy groups -OCH3 is 1. The number of phenolic OH excluding ortho intramolecular Hbond substituents is 1. The molecule has 0 aliphatic carbocycles. The van der Waals surface area contributed by atoms with Crippen LogP contribution >= 0.6 is 15.9 Å². The van der Waals surface area contributed by atoms with Gasteiger partial charge in [-0.2, -0.15) is 0 Å². The van der Waals surface area contributed by atoms with Gasteiger partial charge >= 0.3 is 0 Å². The third kappa shape index (κ3) is 4.13. The monoisotopic (exact) mass is 325 g/mol. The van der Waals surface area contributed by atoms with Crippen molar-refractivity contribution in [3.8, 4) is 11.5 Å². The second-order valence-electron chi connectivity index (χ2n) is 4.12. The van der Waals surface area contributed by atoms with E-state index >= 15 is 0 Å². The first-order valence-corrected chi connectivity index (χ1v) is 6.36. The van der Waals surface area contributed by atoms with Gasteiger partial charge in [-0.3, -0.25) is 4.79 Å². The Morgan fingerprint density at radius 1 is 1.47 bits per heavy atom. The number of allylic oxidation sites excluding steroid dienone is 1. The predicted molar refractivity (Wildman–Crippen MR) is 79.0 cm³/mol. The Labute approximate surface area is 120 Å². The van der Waals surface area contributed by atoms with E-state index in [-0.39, 0.29) is 11.7 Å². The molecule has 2 N–H and O–H groups in total. The third-order valence-electron chi connectivity index (χ3n) is 2.34. The number of hydrogen-bond donors (Lipinski definition) is 2. The van der Waals surface area contributed by atoms with Crippen molar-refractivity contribution in [3.63, 3.8) is 0 Å². The first-order valence-electron chi connectivity index (χ1n) is 5.56. The van der Waals surface area contributed by atoms with Crippen LogP contribution in [-0.2, 0) is 4.79 Å². The highest BCUT2D eigenvalue weighted by Crippen LogP contribution is 2.35. The molecule has 0 unspecified atom stereocenters. The molecule has 0 aliphatic heterocycles. The van der Waals surface area contributed by atoms with Crippen LogP contribution in [0.15, 0.2) is 34.5 Å². The fourth-order valence-electron chi connectivity index (χ4n) is 1.44. The number of carbonyl (C=O) groups excluding carboxylic acids is 1. The van der Waals surface area contributed by atoms with Gasteiger partial charge in [0.1, 0.15) is 0 Å². The minimum atomic E-state index is -0.212. The standard InChI is InChI=1S/C14H16BrNO3/c1-8(2)16-14(18)9(3)5-10-6-11(15)13(17)12(7-10)19-4/h5-7,17H,1H2,2-4H3,(H,16,18)/b9-5+. The van der Waals surface area contributed by atoms with Crippen molar-refractivity contribution in [1.29, 1.82) is 0 Å². The van der Waals surface area contributed by atoms with Crippen molar-refractivity contribution < 1.29 is 14.6 Å². The van der Waals surface area contributed by atoms with Gasteiger partial charge in [0.25, 0.3) is 5.91 Å². The summed E-state index contributed by atoms with van der Waals surface area (Å²) in [4.78, 5) is 11.7. The summed E-state index contributed by atoms with van der Waals surface area (Å²) in [6, 6.07) is 3.35. The predicted octanol–water partition coefficient (Wildman–Crippen LogP) is 3.22. The van der Waals surface area contributed by atoms with Crippen LogP contribution in [-0.4, -0.2) is 18.1 Å². The van der Waals surface area contributed by atoms with Gasteiger partial charge < -0.3 is 15.2 Å². The number of ether oxygens (including phenoxy) is 1. The molecule has 1 aromatic carbocycles. The first-order chi connectivity index (χ1) is 8.85. The van der Waals surface area contributed by atoms with Crippen molar-refractivity contribution in [1.82, 2.24) is 5.32 Å². The van der Waals surface area contributed by atoms with Crippen molar-refractivity contribution in [3.05, 3.63) is 40.0 Å². The Kier molecular flexibility index (Phi) is 5.18. The molecule has 0 bridgehead atoms. The summed E-state index contributed by atoms with van der Waals surface area (Å²) in [5.74, 6) is 0.160. The number of carbonyl (C=O) groups is 1. The quantitative estimate of drug-likeness (QED) is 0.835. The fourth-order valence-corrected chi connectivity index (χ4v) is 1.90. The maximum absolute atomic E-state index is 11.7. The molecule has 0 heterocycles. The van der Waals surface area contributed by atoms with Crippen molar-refractivity contribution in [2.75, 3.05) is 7.11 Å². The van der Waals surface area contributed by atoms with Gasteiger partial charge in [0.2, 0.25) is 0 Å².